The van der Waals surface area contributed by atoms with E-state index in [9.17, 15) is 0 Å². The van der Waals surface area contributed by atoms with Crippen LogP contribution < -0.4 is 0 Å². The second-order valence-electron chi connectivity index (χ2n) is 4.52. The van der Waals surface area contributed by atoms with Crippen LogP contribution in [0, 0.1) is 12.3 Å². The summed E-state index contributed by atoms with van der Waals surface area (Å²) in [6.07, 6.45) is 11.2. The first-order valence-corrected chi connectivity index (χ1v) is 6.89. The minimum atomic E-state index is 0.680. The van der Waals surface area contributed by atoms with Gasteiger partial charge in [0, 0.05) is 24.1 Å². The number of terminal acetylenes is 1. The molecule has 0 aliphatic heterocycles. The number of rotatable bonds is 5. The third kappa shape index (κ3) is 1.97. The Balaban J connectivity index is 1.78. The van der Waals surface area contributed by atoms with Crippen LogP contribution in [0.2, 0.25) is 0 Å². The van der Waals surface area contributed by atoms with E-state index >= 15 is 0 Å². The lowest BCUT2D eigenvalue weighted by Gasteiger charge is -2.06. The molecule has 1 aromatic heterocycles. The molecule has 4 heteroatoms. The van der Waals surface area contributed by atoms with Crippen LogP contribution in [0.25, 0.3) is 0 Å². The Morgan fingerprint density at radius 1 is 1.31 bits per heavy atom. The van der Waals surface area contributed by atoms with Gasteiger partial charge >= 0.3 is 0 Å². The smallest absolute Gasteiger partial charge is 0.191 e. The van der Waals surface area contributed by atoms with E-state index < -0.39 is 0 Å². The molecule has 0 radical (unpaired) electrons. The van der Waals surface area contributed by atoms with Gasteiger partial charge in [-0.15, -0.1) is 22.5 Å². The fraction of sp³-hybridized carbons (Fsp3) is 0.667. The maximum atomic E-state index is 5.26. The van der Waals surface area contributed by atoms with Crippen molar-refractivity contribution in [2.75, 3.05) is 5.75 Å². The molecule has 84 valence electrons. The monoisotopic (exact) mass is 233 g/mol. The van der Waals surface area contributed by atoms with Gasteiger partial charge in [0.15, 0.2) is 5.16 Å². The van der Waals surface area contributed by atoms with E-state index in [4.69, 9.17) is 6.42 Å². The zero-order valence-electron chi connectivity index (χ0n) is 9.22. The van der Waals surface area contributed by atoms with Crippen molar-refractivity contribution < 1.29 is 0 Å². The molecule has 2 aliphatic carbocycles. The van der Waals surface area contributed by atoms with Crippen LogP contribution >= 0.6 is 11.8 Å². The molecule has 0 bridgehead atoms. The molecule has 0 aromatic carbocycles. The predicted molar refractivity (Wildman–Crippen MR) is 64.4 cm³/mol. The Labute approximate surface area is 100 Å². The van der Waals surface area contributed by atoms with Crippen LogP contribution in [-0.4, -0.2) is 20.5 Å². The highest BCUT2D eigenvalue weighted by molar-refractivity contribution is 7.99. The standard InChI is InChI=1S/C12H15N3S/c1-2-3-8-16-12-14-13-11(9-4-5-9)15(12)10-6-7-10/h1,9-10H,3-8H2. The summed E-state index contributed by atoms with van der Waals surface area (Å²) in [6.45, 7) is 0. The van der Waals surface area contributed by atoms with E-state index in [0.717, 1.165) is 17.3 Å². The largest absolute Gasteiger partial charge is 0.303 e. The van der Waals surface area contributed by atoms with E-state index in [2.05, 4.69) is 20.7 Å². The highest BCUT2D eigenvalue weighted by Gasteiger charge is 2.36. The molecule has 1 aromatic rings. The van der Waals surface area contributed by atoms with Gasteiger partial charge in [-0.25, -0.2) is 0 Å². The highest BCUT2D eigenvalue weighted by atomic mass is 32.2. The van der Waals surface area contributed by atoms with Gasteiger partial charge in [0.1, 0.15) is 5.82 Å². The first kappa shape index (κ1) is 10.2. The van der Waals surface area contributed by atoms with E-state index in [1.54, 1.807) is 11.8 Å². The van der Waals surface area contributed by atoms with E-state index in [-0.39, 0.29) is 0 Å². The Morgan fingerprint density at radius 3 is 2.75 bits per heavy atom. The minimum Gasteiger partial charge on any atom is -0.303 e. The zero-order chi connectivity index (χ0) is 11.0. The van der Waals surface area contributed by atoms with Crippen molar-refractivity contribution in [3.63, 3.8) is 0 Å². The maximum absolute atomic E-state index is 5.26. The summed E-state index contributed by atoms with van der Waals surface area (Å²) in [7, 11) is 0. The van der Waals surface area contributed by atoms with Gasteiger partial charge in [-0.05, 0) is 25.7 Å². The number of aromatic nitrogens is 3. The predicted octanol–water partition coefficient (Wildman–Crippen LogP) is 2.61. The molecule has 3 rings (SSSR count). The third-order valence-corrected chi connectivity index (χ3v) is 3.97. The lowest BCUT2D eigenvalue weighted by molar-refractivity contribution is 0.627. The summed E-state index contributed by atoms with van der Waals surface area (Å²) >= 11 is 1.75. The Bertz CT molecular complexity index is 424. The molecule has 2 saturated carbocycles. The summed E-state index contributed by atoms with van der Waals surface area (Å²) in [5, 5.41) is 9.76. The normalized spacial score (nSPS) is 19.7. The molecule has 16 heavy (non-hydrogen) atoms. The molecule has 3 nitrogen and oxygen atoms in total. The van der Waals surface area contributed by atoms with Crippen molar-refractivity contribution in [2.45, 2.75) is 49.2 Å². The molecular formula is C12H15N3S. The summed E-state index contributed by atoms with van der Waals surface area (Å²) in [4.78, 5) is 0. The molecule has 1 heterocycles. The van der Waals surface area contributed by atoms with Crippen LogP contribution in [0.15, 0.2) is 5.16 Å². The average Bonchev–Trinajstić information content (AvgIpc) is 3.19. The molecule has 2 fully saturated rings. The van der Waals surface area contributed by atoms with Crippen molar-refractivity contribution in [1.82, 2.24) is 14.8 Å². The van der Waals surface area contributed by atoms with Crippen LogP contribution in [0.1, 0.15) is 49.9 Å². The van der Waals surface area contributed by atoms with Crippen molar-refractivity contribution in [1.29, 1.82) is 0 Å². The number of hydrogen-bond donors (Lipinski definition) is 0. The van der Waals surface area contributed by atoms with Crippen LogP contribution in [0.3, 0.4) is 0 Å². The number of thioether (sulfide) groups is 1. The molecule has 0 spiro atoms. The molecule has 0 unspecified atom stereocenters. The van der Waals surface area contributed by atoms with Gasteiger partial charge in [-0.3, -0.25) is 0 Å². The lowest BCUT2D eigenvalue weighted by Crippen LogP contribution is -2.02. The second-order valence-corrected chi connectivity index (χ2v) is 5.58. The van der Waals surface area contributed by atoms with Crippen molar-refractivity contribution >= 4 is 11.8 Å². The Morgan fingerprint density at radius 2 is 2.12 bits per heavy atom. The van der Waals surface area contributed by atoms with Crippen molar-refractivity contribution in [3.05, 3.63) is 5.82 Å². The topological polar surface area (TPSA) is 30.7 Å². The first-order valence-electron chi connectivity index (χ1n) is 5.91. The van der Waals surface area contributed by atoms with E-state index in [1.165, 1.54) is 31.5 Å². The van der Waals surface area contributed by atoms with E-state index in [1.807, 2.05) is 0 Å². The van der Waals surface area contributed by atoms with Gasteiger partial charge in [0.25, 0.3) is 0 Å². The van der Waals surface area contributed by atoms with Gasteiger partial charge in [-0.1, -0.05) is 11.8 Å². The molecule has 2 aliphatic rings. The van der Waals surface area contributed by atoms with Crippen molar-refractivity contribution in [2.24, 2.45) is 0 Å². The SMILES string of the molecule is C#CCCSc1nnc(C2CC2)n1C1CC1. The summed E-state index contributed by atoms with van der Waals surface area (Å²) < 4.78 is 2.37. The first-order chi connectivity index (χ1) is 7.90. The molecule has 0 atom stereocenters. The molecular weight excluding hydrogens is 218 g/mol. The molecule has 0 amide bonds. The Kier molecular flexibility index (Phi) is 2.64. The maximum Gasteiger partial charge on any atom is 0.191 e. The molecule has 0 saturated heterocycles. The van der Waals surface area contributed by atoms with Gasteiger partial charge in [0.05, 0.1) is 0 Å². The zero-order valence-corrected chi connectivity index (χ0v) is 10.0. The Hall–Kier alpha value is -0.950. The molecule has 0 N–H and O–H groups in total. The quantitative estimate of drug-likeness (QED) is 0.445. The van der Waals surface area contributed by atoms with Gasteiger partial charge in [-0.2, -0.15) is 0 Å². The summed E-state index contributed by atoms with van der Waals surface area (Å²) in [6, 6.07) is 0.680. The van der Waals surface area contributed by atoms with Gasteiger partial charge in [0.2, 0.25) is 0 Å². The van der Waals surface area contributed by atoms with Crippen LogP contribution in [-0.2, 0) is 0 Å². The van der Waals surface area contributed by atoms with Crippen molar-refractivity contribution in [3.8, 4) is 12.3 Å². The summed E-state index contributed by atoms with van der Waals surface area (Å²) in [5.74, 6) is 5.53. The third-order valence-electron chi connectivity index (χ3n) is 3.02. The lowest BCUT2D eigenvalue weighted by atomic mass is 10.4. The van der Waals surface area contributed by atoms with Crippen LogP contribution in [0.5, 0.6) is 0 Å². The number of hydrogen-bond acceptors (Lipinski definition) is 3. The van der Waals surface area contributed by atoms with E-state index in [0.29, 0.717) is 12.0 Å². The number of nitrogens with zero attached hydrogens (tertiary/aromatic N) is 3. The fourth-order valence-electron chi connectivity index (χ4n) is 1.88. The van der Waals surface area contributed by atoms with Gasteiger partial charge < -0.3 is 4.57 Å². The fourth-order valence-corrected chi connectivity index (χ4v) is 2.77. The highest BCUT2D eigenvalue weighted by Crippen LogP contribution is 2.45. The minimum absolute atomic E-state index is 0.680. The second kappa shape index (κ2) is 4.14. The van der Waals surface area contributed by atoms with Crippen LogP contribution in [0.4, 0.5) is 0 Å². The average molecular weight is 233 g/mol. The summed E-state index contributed by atoms with van der Waals surface area (Å²) in [5.41, 5.74) is 0.